The van der Waals surface area contributed by atoms with Crippen molar-refractivity contribution in [3.8, 4) is 0 Å². The van der Waals surface area contributed by atoms with Crippen molar-refractivity contribution >= 4 is 21.4 Å². The van der Waals surface area contributed by atoms with Crippen LogP contribution < -0.4 is 0 Å². The van der Waals surface area contributed by atoms with Crippen LogP contribution in [0, 0.1) is 5.92 Å². The second kappa shape index (κ2) is 14.3. The number of Topliss-reactive ketones (excluding diaryl/α,β-unsaturated/α-hetero) is 1. The molecule has 0 amide bonds. The molecule has 0 aliphatic rings. The Labute approximate surface area is 179 Å². The monoisotopic (exact) mass is 466 g/mol. The summed E-state index contributed by atoms with van der Waals surface area (Å²) in [6.45, 7) is 9.29. The van der Waals surface area contributed by atoms with Crippen molar-refractivity contribution in [1.29, 1.82) is 0 Å². The number of ketones is 1. The zero-order chi connectivity index (χ0) is 23.4. The molecule has 0 fully saturated rings. The van der Waals surface area contributed by atoms with E-state index in [0.29, 0.717) is 12.8 Å². The van der Waals surface area contributed by atoms with Crippen LogP contribution in [0.25, 0.3) is 0 Å². The largest absolute Gasteiger partial charge is 0.481 e. The lowest BCUT2D eigenvalue weighted by molar-refractivity contribution is -0.125. The summed E-state index contributed by atoms with van der Waals surface area (Å²) in [5.74, 6) is -0.874. The van der Waals surface area contributed by atoms with Crippen LogP contribution in [0.4, 0.5) is 0 Å². The molecule has 0 aromatic heterocycles. The summed E-state index contributed by atoms with van der Waals surface area (Å²) in [6.07, 6.45) is 11.8. The van der Waals surface area contributed by atoms with Crippen molar-refractivity contribution in [1.82, 2.24) is 0 Å². The quantitative estimate of drug-likeness (QED) is 0.209. The lowest BCUT2D eigenvalue weighted by Gasteiger charge is -2.14. The minimum atomic E-state index is -5.19. The molecule has 0 rings (SSSR count). The van der Waals surface area contributed by atoms with E-state index in [1.807, 2.05) is 6.92 Å². The van der Waals surface area contributed by atoms with E-state index >= 15 is 0 Å². The van der Waals surface area contributed by atoms with E-state index < -0.39 is 34.0 Å². The van der Waals surface area contributed by atoms with Crippen molar-refractivity contribution in [3.05, 3.63) is 34.9 Å². The van der Waals surface area contributed by atoms with Gasteiger partial charge in [0.2, 0.25) is 0 Å². The molecule has 2 atom stereocenters. The Morgan fingerprint density at radius 1 is 0.900 bits per heavy atom. The zero-order valence-electron chi connectivity index (χ0n) is 18.5. The van der Waals surface area contributed by atoms with Gasteiger partial charge in [0, 0.05) is 5.92 Å². The third-order valence-electron chi connectivity index (χ3n) is 4.34. The SMILES string of the molecule is CC(C)=CCC/C(C)=C/CC/C(C)=C/CCC(C)C(=O)COP(=O)(O)OP(=O)(O)O. The molecule has 0 saturated heterocycles. The highest BCUT2D eigenvalue weighted by Gasteiger charge is 2.33. The summed E-state index contributed by atoms with van der Waals surface area (Å²) in [4.78, 5) is 38.2. The molecule has 0 saturated carbocycles. The fourth-order valence-electron chi connectivity index (χ4n) is 2.53. The summed E-state index contributed by atoms with van der Waals surface area (Å²) in [5, 5.41) is 0. The molecule has 0 aliphatic heterocycles. The summed E-state index contributed by atoms with van der Waals surface area (Å²) in [7, 11) is -10.2. The van der Waals surface area contributed by atoms with Gasteiger partial charge in [-0.25, -0.2) is 9.13 Å². The lowest BCUT2D eigenvalue weighted by atomic mass is 9.99. The van der Waals surface area contributed by atoms with E-state index in [9.17, 15) is 18.8 Å². The molecule has 0 radical (unpaired) electrons. The van der Waals surface area contributed by atoms with Gasteiger partial charge in [-0.1, -0.05) is 41.9 Å². The van der Waals surface area contributed by atoms with Crippen molar-refractivity contribution < 1.29 is 37.4 Å². The molecule has 10 heteroatoms. The average molecular weight is 466 g/mol. The van der Waals surface area contributed by atoms with Gasteiger partial charge in [0.1, 0.15) is 6.61 Å². The first-order chi connectivity index (χ1) is 13.7. The number of phosphoric acid groups is 2. The van der Waals surface area contributed by atoms with Crippen LogP contribution in [0.2, 0.25) is 0 Å². The minimum absolute atomic E-state index is 0.429. The maximum Gasteiger partial charge on any atom is 0.481 e. The predicted octanol–water partition coefficient (Wildman–Crippen LogP) is 5.62. The molecule has 2 unspecified atom stereocenters. The number of rotatable bonds is 15. The first-order valence-corrected chi connectivity index (χ1v) is 13.0. The van der Waals surface area contributed by atoms with Gasteiger partial charge >= 0.3 is 15.6 Å². The fourth-order valence-corrected chi connectivity index (χ4v) is 4.08. The molecule has 0 spiro atoms. The minimum Gasteiger partial charge on any atom is -0.302 e. The average Bonchev–Trinajstić information content (AvgIpc) is 2.57. The van der Waals surface area contributed by atoms with Crippen LogP contribution in [-0.2, 0) is 22.8 Å². The summed E-state index contributed by atoms with van der Waals surface area (Å²) < 4.78 is 29.9. The lowest BCUT2D eigenvalue weighted by Crippen LogP contribution is -2.17. The third-order valence-corrected chi connectivity index (χ3v) is 6.48. The van der Waals surface area contributed by atoms with E-state index in [2.05, 4.69) is 47.8 Å². The van der Waals surface area contributed by atoms with Gasteiger partial charge in [-0.3, -0.25) is 9.32 Å². The Balaban J connectivity index is 4.25. The van der Waals surface area contributed by atoms with Gasteiger partial charge in [-0.2, -0.15) is 4.31 Å². The van der Waals surface area contributed by atoms with E-state index in [4.69, 9.17) is 9.79 Å². The van der Waals surface area contributed by atoms with Gasteiger partial charge in [-0.05, 0) is 66.2 Å². The van der Waals surface area contributed by atoms with Crippen molar-refractivity contribution in [2.45, 2.75) is 73.1 Å². The number of carbonyl (C=O) groups excluding carboxylic acids is 1. The van der Waals surface area contributed by atoms with E-state index in [1.54, 1.807) is 6.92 Å². The summed E-state index contributed by atoms with van der Waals surface area (Å²) >= 11 is 0. The van der Waals surface area contributed by atoms with Crippen molar-refractivity contribution in [3.63, 3.8) is 0 Å². The Morgan fingerprint density at radius 2 is 1.40 bits per heavy atom. The first kappa shape index (κ1) is 29.1. The number of hydrogen-bond acceptors (Lipinski definition) is 5. The number of carbonyl (C=O) groups is 1. The molecular weight excluding hydrogens is 430 g/mol. The molecule has 0 aromatic rings. The van der Waals surface area contributed by atoms with Crippen molar-refractivity contribution in [2.24, 2.45) is 5.92 Å². The topological polar surface area (TPSA) is 130 Å². The second-order valence-corrected chi connectivity index (χ2v) is 10.5. The maximum absolute atomic E-state index is 12.0. The van der Waals surface area contributed by atoms with E-state index in [1.165, 1.54) is 16.7 Å². The van der Waals surface area contributed by atoms with E-state index in [-0.39, 0.29) is 0 Å². The van der Waals surface area contributed by atoms with Gasteiger partial charge in [0.15, 0.2) is 5.78 Å². The standard InChI is InChI=1S/C20H36O8P2/c1-16(2)9-6-10-17(3)11-7-12-18(4)13-8-14-19(5)20(21)15-27-30(25,26)28-29(22,23)24/h9,11,13,19H,6-8,10,12,14-15H2,1-5H3,(H,25,26)(H2,22,23,24)/b17-11+,18-13+. The van der Waals surface area contributed by atoms with Crippen LogP contribution in [0.15, 0.2) is 34.9 Å². The molecular formula is C20H36O8P2. The number of allylic oxidation sites excluding steroid dienone is 6. The van der Waals surface area contributed by atoms with Gasteiger partial charge in [0.05, 0.1) is 0 Å². The van der Waals surface area contributed by atoms with Gasteiger partial charge in [-0.15, -0.1) is 0 Å². The van der Waals surface area contributed by atoms with Crippen LogP contribution in [0.1, 0.15) is 73.1 Å². The summed E-state index contributed by atoms with van der Waals surface area (Å²) in [6, 6.07) is 0. The first-order valence-electron chi connectivity index (χ1n) is 9.93. The normalized spacial score (nSPS) is 16.1. The number of phosphoric ester groups is 1. The molecule has 174 valence electrons. The highest BCUT2D eigenvalue weighted by atomic mass is 31.3. The van der Waals surface area contributed by atoms with Crippen molar-refractivity contribution in [2.75, 3.05) is 6.61 Å². The highest BCUT2D eigenvalue weighted by Crippen LogP contribution is 2.57. The molecule has 8 nitrogen and oxygen atoms in total. The van der Waals surface area contributed by atoms with Gasteiger partial charge in [0.25, 0.3) is 0 Å². The van der Waals surface area contributed by atoms with E-state index in [0.717, 1.165) is 25.7 Å². The predicted molar refractivity (Wildman–Crippen MR) is 118 cm³/mol. The molecule has 0 aromatic carbocycles. The Morgan fingerprint density at radius 3 is 1.90 bits per heavy atom. The molecule has 3 N–H and O–H groups in total. The Bertz CT molecular complexity index is 729. The maximum atomic E-state index is 12.0. The Hall–Kier alpha value is -0.850. The molecule has 0 bridgehead atoms. The zero-order valence-corrected chi connectivity index (χ0v) is 20.3. The smallest absolute Gasteiger partial charge is 0.302 e. The van der Waals surface area contributed by atoms with Crippen LogP contribution in [0.3, 0.4) is 0 Å². The van der Waals surface area contributed by atoms with Crippen LogP contribution >= 0.6 is 15.6 Å². The van der Waals surface area contributed by atoms with Crippen LogP contribution in [0.5, 0.6) is 0 Å². The summed E-state index contributed by atoms with van der Waals surface area (Å²) in [5.41, 5.74) is 3.94. The number of hydrogen-bond donors (Lipinski definition) is 3. The third kappa shape index (κ3) is 16.9. The Kier molecular flexibility index (Phi) is 13.9. The fraction of sp³-hybridized carbons (Fsp3) is 0.650. The second-order valence-electron chi connectivity index (χ2n) is 7.72. The molecule has 30 heavy (non-hydrogen) atoms. The van der Waals surface area contributed by atoms with Gasteiger partial charge < -0.3 is 14.7 Å². The molecule has 0 heterocycles. The molecule has 0 aliphatic carbocycles. The van der Waals surface area contributed by atoms with Crippen LogP contribution in [-0.4, -0.2) is 27.1 Å². The highest BCUT2D eigenvalue weighted by molar-refractivity contribution is 7.60.